The Balaban J connectivity index is 2.91. The Morgan fingerprint density at radius 3 is 1.90 bits per heavy atom. The maximum Gasteiger partial charge on any atom is 0.267 e. The van der Waals surface area contributed by atoms with E-state index in [4.69, 9.17) is 4.55 Å². The van der Waals surface area contributed by atoms with Crippen LogP contribution in [0, 0.1) is 16.2 Å². The second-order valence-corrected chi connectivity index (χ2v) is 10.4. The highest BCUT2D eigenvalue weighted by Gasteiger charge is 2.67. The van der Waals surface area contributed by atoms with Crippen LogP contribution in [0.2, 0.25) is 0 Å². The zero-order valence-corrected chi connectivity index (χ0v) is 15.0. The summed E-state index contributed by atoms with van der Waals surface area (Å²) in [5.41, 5.74) is -1.52. The van der Waals surface area contributed by atoms with Gasteiger partial charge in [-0.25, -0.2) is 0 Å². The number of amides is 1. The SMILES string of the molecule is CC(C)(C)CC1(C(=O)NC(C)(C)CS(=O)(=O)O)CC1(C)C. The molecule has 1 atom stereocenters. The minimum Gasteiger partial charge on any atom is -0.350 e. The number of carbonyl (C=O) groups is 1. The van der Waals surface area contributed by atoms with Crippen LogP contribution in [-0.2, 0) is 14.9 Å². The van der Waals surface area contributed by atoms with Gasteiger partial charge in [0.25, 0.3) is 10.1 Å². The summed E-state index contributed by atoms with van der Waals surface area (Å²) in [7, 11) is -4.13. The van der Waals surface area contributed by atoms with Crippen LogP contribution in [-0.4, -0.2) is 30.2 Å². The van der Waals surface area contributed by atoms with E-state index in [2.05, 4.69) is 39.9 Å². The predicted molar refractivity (Wildman–Crippen MR) is 83.5 cm³/mol. The summed E-state index contributed by atoms with van der Waals surface area (Å²) < 4.78 is 31.1. The summed E-state index contributed by atoms with van der Waals surface area (Å²) in [6, 6.07) is 0. The summed E-state index contributed by atoms with van der Waals surface area (Å²) in [6.45, 7) is 13.6. The molecule has 2 N–H and O–H groups in total. The normalized spacial score (nSPS) is 25.5. The van der Waals surface area contributed by atoms with Crippen molar-refractivity contribution in [2.24, 2.45) is 16.2 Å². The van der Waals surface area contributed by atoms with Crippen LogP contribution in [0.3, 0.4) is 0 Å². The third kappa shape index (κ3) is 4.68. The summed E-state index contributed by atoms with van der Waals surface area (Å²) >= 11 is 0. The molecule has 0 bridgehead atoms. The van der Waals surface area contributed by atoms with Crippen molar-refractivity contribution in [3.05, 3.63) is 0 Å². The van der Waals surface area contributed by atoms with Gasteiger partial charge in [-0.05, 0) is 37.5 Å². The van der Waals surface area contributed by atoms with Crippen molar-refractivity contribution < 1.29 is 17.8 Å². The molecule has 1 unspecified atom stereocenters. The topological polar surface area (TPSA) is 83.5 Å². The van der Waals surface area contributed by atoms with Gasteiger partial charge in [-0.2, -0.15) is 8.42 Å². The Bertz CT molecular complexity index is 528. The first-order valence-corrected chi connectivity index (χ1v) is 8.89. The zero-order valence-electron chi connectivity index (χ0n) is 14.2. The second-order valence-electron chi connectivity index (χ2n) is 8.94. The molecule has 0 aliphatic heterocycles. The molecule has 1 aliphatic rings. The van der Waals surface area contributed by atoms with Gasteiger partial charge in [-0.15, -0.1) is 0 Å². The first-order chi connectivity index (χ1) is 9.00. The van der Waals surface area contributed by atoms with E-state index in [1.165, 1.54) is 0 Å². The fourth-order valence-corrected chi connectivity index (χ4v) is 4.29. The van der Waals surface area contributed by atoms with Crippen molar-refractivity contribution in [2.45, 2.75) is 66.8 Å². The molecule has 6 heteroatoms. The van der Waals surface area contributed by atoms with Crippen LogP contribution < -0.4 is 5.32 Å². The van der Waals surface area contributed by atoms with E-state index in [1.54, 1.807) is 13.8 Å². The molecule has 0 aromatic carbocycles. The molecule has 0 heterocycles. The minimum absolute atomic E-state index is 0.0122. The number of hydrogen-bond acceptors (Lipinski definition) is 3. The lowest BCUT2D eigenvalue weighted by Crippen LogP contribution is -2.52. The Morgan fingerprint density at radius 1 is 1.19 bits per heavy atom. The molecular weight excluding hydrogens is 290 g/mol. The molecule has 1 saturated carbocycles. The lowest BCUT2D eigenvalue weighted by molar-refractivity contribution is -0.130. The maximum atomic E-state index is 12.7. The first-order valence-electron chi connectivity index (χ1n) is 7.28. The quantitative estimate of drug-likeness (QED) is 0.763. The molecule has 5 nitrogen and oxygen atoms in total. The van der Waals surface area contributed by atoms with Crippen LogP contribution in [0.15, 0.2) is 0 Å². The van der Waals surface area contributed by atoms with Crippen LogP contribution in [0.4, 0.5) is 0 Å². The monoisotopic (exact) mass is 319 g/mol. The van der Waals surface area contributed by atoms with Gasteiger partial charge >= 0.3 is 0 Å². The molecular formula is C15H29NO4S. The number of rotatable bonds is 5. The van der Waals surface area contributed by atoms with E-state index in [1.807, 2.05) is 0 Å². The Kier molecular flexibility index (Phi) is 4.34. The molecule has 1 aliphatic carbocycles. The number of carbonyl (C=O) groups excluding carboxylic acids is 1. The zero-order chi connectivity index (χ0) is 16.9. The van der Waals surface area contributed by atoms with Crippen LogP contribution in [0.25, 0.3) is 0 Å². The van der Waals surface area contributed by atoms with Crippen molar-refractivity contribution in [1.82, 2.24) is 5.32 Å². The molecule has 124 valence electrons. The summed E-state index contributed by atoms with van der Waals surface area (Å²) in [5.74, 6) is -0.603. The first kappa shape index (κ1) is 18.4. The van der Waals surface area contributed by atoms with Gasteiger partial charge in [0, 0.05) is 0 Å². The van der Waals surface area contributed by atoms with Crippen LogP contribution in [0.5, 0.6) is 0 Å². The highest BCUT2D eigenvalue weighted by molar-refractivity contribution is 7.85. The molecule has 0 aromatic rings. The maximum absolute atomic E-state index is 12.7. The van der Waals surface area contributed by atoms with Crippen molar-refractivity contribution >= 4 is 16.0 Å². The molecule has 0 spiro atoms. The van der Waals surface area contributed by atoms with E-state index in [9.17, 15) is 13.2 Å². The number of hydrogen-bond donors (Lipinski definition) is 2. The lowest BCUT2D eigenvalue weighted by atomic mass is 9.78. The molecule has 0 aromatic heterocycles. The Labute approximate surface area is 128 Å². The van der Waals surface area contributed by atoms with Gasteiger partial charge in [-0.3, -0.25) is 9.35 Å². The second kappa shape index (κ2) is 4.95. The van der Waals surface area contributed by atoms with Gasteiger partial charge in [0.1, 0.15) is 0 Å². The summed E-state index contributed by atoms with van der Waals surface area (Å²) in [4.78, 5) is 12.7. The fourth-order valence-electron chi connectivity index (χ4n) is 3.30. The van der Waals surface area contributed by atoms with Crippen LogP contribution in [0.1, 0.15) is 61.3 Å². The van der Waals surface area contributed by atoms with Crippen LogP contribution >= 0.6 is 0 Å². The third-order valence-electron chi connectivity index (χ3n) is 4.18. The fraction of sp³-hybridized carbons (Fsp3) is 0.933. The number of nitrogens with one attached hydrogen (secondary N) is 1. The lowest BCUT2D eigenvalue weighted by Gasteiger charge is -2.32. The van der Waals surface area contributed by atoms with E-state index >= 15 is 0 Å². The molecule has 0 radical (unpaired) electrons. The van der Waals surface area contributed by atoms with Crippen molar-refractivity contribution in [3.8, 4) is 0 Å². The average molecular weight is 319 g/mol. The largest absolute Gasteiger partial charge is 0.350 e. The smallest absolute Gasteiger partial charge is 0.267 e. The van der Waals surface area contributed by atoms with E-state index in [0.29, 0.717) is 0 Å². The van der Waals surface area contributed by atoms with Gasteiger partial charge in [0.05, 0.1) is 16.7 Å². The molecule has 0 saturated heterocycles. The van der Waals surface area contributed by atoms with Gasteiger partial charge in [0.2, 0.25) is 5.91 Å². The van der Waals surface area contributed by atoms with Crippen molar-refractivity contribution in [3.63, 3.8) is 0 Å². The molecule has 21 heavy (non-hydrogen) atoms. The summed E-state index contributed by atoms with van der Waals surface area (Å²) in [5, 5.41) is 2.82. The van der Waals surface area contributed by atoms with Gasteiger partial charge in [0.15, 0.2) is 0 Å². The standard InChI is InChI=1S/C15H29NO4S/c1-12(2,3)8-15(9-13(15,4)5)11(17)16-14(6,7)10-21(18,19)20/h8-10H2,1-7H3,(H,16,17)(H,18,19,20). The highest BCUT2D eigenvalue weighted by Crippen LogP contribution is 2.67. The van der Waals surface area contributed by atoms with Gasteiger partial charge < -0.3 is 5.32 Å². The Morgan fingerprint density at radius 2 is 1.62 bits per heavy atom. The minimum atomic E-state index is -4.13. The van der Waals surface area contributed by atoms with Crippen molar-refractivity contribution in [2.75, 3.05) is 5.75 Å². The Hall–Kier alpha value is -0.620. The van der Waals surface area contributed by atoms with Crippen molar-refractivity contribution in [1.29, 1.82) is 0 Å². The van der Waals surface area contributed by atoms with Gasteiger partial charge in [-0.1, -0.05) is 34.6 Å². The van der Waals surface area contributed by atoms with E-state index in [-0.39, 0.29) is 16.7 Å². The summed E-state index contributed by atoms with van der Waals surface area (Å²) in [6.07, 6.45) is 1.55. The highest BCUT2D eigenvalue weighted by atomic mass is 32.2. The molecule has 1 rings (SSSR count). The average Bonchev–Trinajstić information content (AvgIpc) is 2.59. The van der Waals surface area contributed by atoms with E-state index < -0.39 is 26.8 Å². The molecule has 1 amide bonds. The third-order valence-corrected chi connectivity index (χ3v) is 5.26. The predicted octanol–water partition coefficient (Wildman–Crippen LogP) is 2.62. The van der Waals surface area contributed by atoms with E-state index in [0.717, 1.165) is 12.8 Å². The molecule has 1 fully saturated rings.